The minimum absolute atomic E-state index is 0.0558. The van der Waals surface area contributed by atoms with Gasteiger partial charge in [-0.05, 0) is 74.3 Å². The number of carbonyl (C=O) groups excluding carboxylic acids is 1. The van der Waals surface area contributed by atoms with Crippen molar-refractivity contribution in [2.75, 3.05) is 32.8 Å². The van der Waals surface area contributed by atoms with E-state index in [9.17, 15) is 4.79 Å². The second-order valence-corrected chi connectivity index (χ2v) is 8.63. The maximum atomic E-state index is 12.8. The fourth-order valence-corrected chi connectivity index (χ4v) is 4.57. The van der Waals surface area contributed by atoms with Crippen LogP contribution in [0.4, 0.5) is 0 Å². The van der Waals surface area contributed by atoms with Gasteiger partial charge in [0.05, 0.1) is 0 Å². The smallest absolute Gasteiger partial charge is 0.251 e. The number of nitrogens with one attached hydrogen (secondary N) is 1. The molecular formula is C23H25ClN2O4. The van der Waals surface area contributed by atoms with Crippen LogP contribution in [0.5, 0.6) is 17.2 Å². The van der Waals surface area contributed by atoms with Crippen LogP contribution in [0.15, 0.2) is 42.5 Å². The first kappa shape index (κ1) is 19.5. The number of halogens is 1. The molecule has 0 aromatic heterocycles. The number of ether oxygens (including phenoxy) is 3. The summed E-state index contributed by atoms with van der Waals surface area (Å²) in [4.78, 5) is 15.3. The minimum Gasteiger partial charge on any atom is -0.490 e. The molecule has 2 atom stereocenters. The third kappa shape index (κ3) is 4.20. The molecule has 0 aliphatic carbocycles. The normalized spacial score (nSPS) is 26.8. The van der Waals surface area contributed by atoms with Gasteiger partial charge in [-0.15, -0.1) is 0 Å². The fourth-order valence-electron chi connectivity index (χ4n) is 4.44. The Morgan fingerprint density at radius 2 is 1.93 bits per heavy atom. The van der Waals surface area contributed by atoms with Crippen molar-refractivity contribution in [3.8, 4) is 17.2 Å². The second kappa shape index (κ2) is 8.36. The molecule has 7 heteroatoms. The zero-order valence-corrected chi connectivity index (χ0v) is 17.4. The molecular weight excluding hydrogens is 404 g/mol. The molecule has 0 radical (unpaired) electrons. The van der Waals surface area contributed by atoms with E-state index >= 15 is 0 Å². The number of hydrogen-bond acceptors (Lipinski definition) is 5. The van der Waals surface area contributed by atoms with Gasteiger partial charge < -0.3 is 24.4 Å². The third-order valence-electron chi connectivity index (χ3n) is 6.15. The van der Waals surface area contributed by atoms with Crippen LogP contribution in [-0.4, -0.2) is 55.8 Å². The highest BCUT2D eigenvalue weighted by Crippen LogP contribution is 2.33. The predicted molar refractivity (Wildman–Crippen MR) is 114 cm³/mol. The van der Waals surface area contributed by atoms with E-state index in [0.717, 1.165) is 25.4 Å². The summed E-state index contributed by atoms with van der Waals surface area (Å²) in [6, 6.07) is 12.8. The van der Waals surface area contributed by atoms with Crippen molar-refractivity contribution in [3.63, 3.8) is 0 Å². The predicted octanol–water partition coefficient (Wildman–Crippen LogP) is 3.38. The maximum absolute atomic E-state index is 12.8. The molecule has 0 spiro atoms. The lowest BCUT2D eigenvalue weighted by Crippen LogP contribution is -2.57. The summed E-state index contributed by atoms with van der Waals surface area (Å²) >= 11 is 5.90. The summed E-state index contributed by atoms with van der Waals surface area (Å²) in [6.45, 7) is 3.99. The Hall–Kier alpha value is -2.44. The van der Waals surface area contributed by atoms with Crippen molar-refractivity contribution < 1.29 is 19.0 Å². The molecule has 2 bridgehead atoms. The average Bonchev–Trinajstić information content (AvgIpc) is 2.79. The van der Waals surface area contributed by atoms with Gasteiger partial charge >= 0.3 is 0 Å². The number of hydrogen-bond donors (Lipinski definition) is 1. The summed E-state index contributed by atoms with van der Waals surface area (Å²) in [5.41, 5.74) is 0.591. The van der Waals surface area contributed by atoms with Gasteiger partial charge in [0.15, 0.2) is 17.6 Å². The number of carbonyl (C=O) groups is 1. The van der Waals surface area contributed by atoms with E-state index in [-0.39, 0.29) is 18.1 Å². The summed E-state index contributed by atoms with van der Waals surface area (Å²) in [5, 5.41) is 3.89. The van der Waals surface area contributed by atoms with Crippen molar-refractivity contribution in [2.24, 2.45) is 5.92 Å². The first-order valence-corrected chi connectivity index (χ1v) is 10.9. The van der Waals surface area contributed by atoms with Crippen molar-refractivity contribution >= 4 is 17.5 Å². The van der Waals surface area contributed by atoms with E-state index in [1.165, 1.54) is 12.8 Å². The number of amides is 1. The van der Waals surface area contributed by atoms with Crippen molar-refractivity contribution in [2.45, 2.75) is 25.0 Å². The molecule has 30 heavy (non-hydrogen) atoms. The molecule has 0 saturated carbocycles. The van der Waals surface area contributed by atoms with E-state index < -0.39 is 0 Å². The van der Waals surface area contributed by atoms with Gasteiger partial charge in [-0.1, -0.05) is 11.6 Å². The van der Waals surface area contributed by atoms with Crippen molar-refractivity contribution in [1.82, 2.24) is 10.2 Å². The average molecular weight is 429 g/mol. The fraction of sp³-hybridized carbons (Fsp3) is 0.435. The Morgan fingerprint density at radius 3 is 2.67 bits per heavy atom. The summed E-state index contributed by atoms with van der Waals surface area (Å²) in [5.74, 6) is 2.48. The first-order valence-electron chi connectivity index (χ1n) is 10.5. The Bertz CT molecular complexity index is 912. The molecule has 6 rings (SSSR count). The SMILES string of the molecule is O=C(N[C@H]1CN2CCC1CC2)c1ccc2c(c1)O[C@@H](COc1ccc(Cl)cc1)CO2. The minimum atomic E-state index is -0.256. The molecule has 0 unspecified atom stereocenters. The highest BCUT2D eigenvalue weighted by atomic mass is 35.5. The van der Waals surface area contributed by atoms with Crippen LogP contribution in [0, 0.1) is 5.92 Å². The van der Waals surface area contributed by atoms with Crippen LogP contribution in [0.2, 0.25) is 5.02 Å². The molecule has 3 saturated heterocycles. The second-order valence-electron chi connectivity index (χ2n) is 8.20. The summed E-state index contributed by atoms with van der Waals surface area (Å²) in [6.07, 6.45) is 2.08. The highest BCUT2D eigenvalue weighted by molar-refractivity contribution is 6.30. The molecule has 2 aromatic carbocycles. The van der Waals surface area contributed by atoms with Gasteiger partial charge in [0.25, 0.3) is 5.91 Å². The van der Waals surface area contributed by atoms with Crippen LogP contribution < -0.4 is 19.5 Å². The zero-order valence-electron chi connectivity index (χ0n) is 16.7. The van der Waals surface area contributed by atoms with E-state index in [1.807, 2.05) is 12.1 Å². The molecule has 4 aliphatic rings. The van der Waals surface area contributed by atoms with Crippen LogP contribution >= 0.6 is 11.6 Å². The Balaban J connectivity index is 1.21. The Kier molecular flexibility index (Phi) is 5.44. The first-order chi connectivity index (χ1) is 14.6. The highest BCUT2D eigenvalue weighted by Gasteiger charge is 2.35. The van der Waals surface area contributed by atoms with Gasteiger partial charge in [-0.2, -0.15) is 0 Å². The van der Waals surface area contributed by atoms with Crippen LogP contribution in [0.1, 0.15) is 23.2 Å². The molecule has 2 aromatic rings. The number of benzene rings is 2. The quantitative estimate of drug-likeness (QED) is 0.791. The standard InChI is InChI=1S/C23H25ClN2O4/c24-17-2-4-18(5-3-17)28-13-19-14-29-21-6-1-16(11-22(21)30-19)23(27)25-20-12-26-9-7-15(20)8-10-26/h1-6,11,15,19-20H,7-10,12-14H2,(H,25,27)/t19-,20-/m0/s1. The lowest BCUT2D eigenvalue weighted by molar-refractivity contribution is 0.0530. The van der Waals surface area contributed by atoms with Crippen molar-refractivity contribution in [3.05, 3.63) is 53.1 Å². The zero-order chi connectivity index (χ0) is 20.5. The lowest BCUT2D eigenvalue weighted by atomic mass is 9.84. The van der Waals surface area contributed by atoms with Crippen LogP contribution in [0.3, 0.4) is 0 Å². The third-order valence-corrected chi connectivity index (χ3v) is 6.40. The van der Waals surface area contributed by atoms with Gasteiger partial charge in [-0.25, -0.2) is 0 Å². The number of nitrogens with zero attached hydrogens (tertiary/aromatic N) is 1. The van der Waals surface area contributed by atoms with E-state index in [4.69, 9.17) is 25.8 Å². The van der Waals surface area contributed by atoms with Gasteiger partial charge in [0, 0.05) is 23.2 Å². The number of fused-ring (bicyclic) bond motifs is 4. The maximum Gasteiger partial charge on any atom is 0.251 e. The molecule has 4 heterocycles. The summed E-state index contributed by atoms with van der Waals surface area (Å²) < 4.78 is 17.6. The van der Waals surface area contributed by atoms with Gasteiger partial charge in [0.1, 0.15) is 19.0 Å². The van der Waals surface area contributed by atoms with Gasteiger partial charge in [-0.3, -0.25) is 4.79 Å². The van der Waals surface area contributed by atoms with E-state index in [1.54, 1.807) is 30.3 Å². The largest absolute Gasteiger partial charge is 0.490 e. The Morgan fingerprint density at radius 1 is 1.13 bits per heavy atom. The number of piperidine rings is 3. The number of rotatable bonds is 5. The monoisotopic (exact) mass is 428 g/mol. The van der Waals surface area contributed by atoms with E-state index in [2.05, 4.69) is 10.2 Å². The summed E-state index contributed by atoms with van der Waals surface area (Å²) in [7, 11) is 0. The van der Waals surface area contributed by atoms with Crippen LogP contribution in [-0.2, 0) is 0 Å². The lowest BCUT2D eigenvalue weighted by Gasteiger charge is -2.44. The topological polar surface area (TPSA) is 60.0 Å². The molecule has 1 N–H and O–H groups in total. The Labute approximate surface area is 181 Å². The molecule has 6 nitrogen and oxygen atoms in total. The molecule has 3 fully saturated rings. The van der Waals surface area contributed by atoms with Crippen LogP contribution in [0.25, 0.3) is 0 Å². The molecule has 1 amide bonds. The van der Waals surface area contributed by atoms with Crippen molar-refractivity contribution in [1.29, 1.82) is 0 Å². The van der Waals surface area contributed by atoms with Gasteiger partial charge in [0.2, 0.25) is 0 Å². The van der Waals surface area contributed by atoms with E-state index in [0.29, 0.717) is 41.2 Å². The molecule has 158 valence electrons. The molecule has 4 aliphatic heterocycles.